The zero-order valence-electron chi connectivity index (χ0n) is 21.4. The minimum atomic E-state index is -5.12. The number of amides is 1. The Morgan fingerprint density at radius 2 is 1.56 bits per heavy atom. The lowest BCUT2D eigenvalue weighted by Gasteiger charge is -2.31. The van der Waals surface area contributed by atoms with Crippen LogP contribution in [0.25, 0.3) is 10.9 Å². The number of carbonyl (C=O) groups is 1. The van der Waals surface area contributed by atoms with Crippen LogP contribution in [-0.2, 0) is 28.4 Å². The van der Waals surface area contributed by atoms with Crippen molar-refractivity contribution in [1.29, 1.82) is 0 Å². The first-order valence-electron chi connectivity index (χ1n) is 11.9. The summed E-state index contributed by atoms with van der Waals surface area (Å²) in [5.74, 6) is -0.986. The fraction of sp³-hybridized carbons (Fsp3) is 0.423. The van der Waals surface area contributed by atoms with Gasteiger partial charge in [-0.1, -0.05) is 12.1 Å². The summed E-state index contributed by atoms with van der Waals surface area (Å²) < 4.78 is 92.2. The summed E-state index contributed by atoms with van der Waals surface area (Å²) in [5.41, 5.74) is -4.12. The molecule has 0 radical (unpaired) electrons. The molecule has 0 saturated heterocycles. The van der Waals surface area contributed by atoms with Crippen molar-refractivity contribution in [2.24, 2.45) is 0 Å². The van der Waals surface area contributed by atoms with Gasteiger partial charge < -0.3 is 14.4 Å². The number of carbonyl (C=O) groups excluding carboxylic acids is 1. The molecule has 1 unspecified atom stereocenters. The van der Waals surface area contributed by atoms with Gasteiger partial charge in [0.1, 0.15) is 5.82 Å². The lowest BCUT2D eigenvalue weighted by molar-refractivity contribution is -0.143. The number of methoxy groups -OCH3 is 2. The van der Waals surface area contributed by atoms with Crippen LogP contribution >= 0.6 is 0 Å². The Kier molecular flexibility index (Phi) is 9.38. The molecule has 212 valence electrons. The summed E-state index contributed by atoms with van der Waals surface area (Å²) in [4.78, 5) is 32.5. The number of fused-ring (bicyclic) bond motifs is 1. The van der Waals surface area contributed by atoms with Crippen molar-refractivity contribution in [1.82, 2.24) is 14.5 Å². The molecule has 2 aromatic carbocycles. The van der Waals surface area contributed by atoms with E-state index in [1.807, 2.05) is 0 Å². The van der Waals surface area contributed by atoms with Crippen LogP contribution < -0.4 is 5.56 Å². The third-order valence-corrected chi connectivity index (χ3v) is 6.09. The number of aromatic nitrogens is 2. The highest BCUT2D eigenvalue weighted by Crippen LogP contribution is 2.37. The molecule has 0 fully saturated rings. The Morgan fingerprint density at radius 3 is 2.13 bits per heavy atom. The van der Waals surface area contributed by atoms with Gasteiger partial charge in [-0.15, -0.1) is 0 Å². The van der Waals surface area contributed by atoms with Crippen molar-refractivity contribution >= 4 is 16.8 Å². The van der Waals surface area contributed by atoms with Crippen molar-refractivity contribution in [2.45, 2.75) is 38.3 Å². The minimum absolute atomic E-state index is 0.0389. The first kappa shape index (κ1) is 30.1. The Labute approximate surface area is 220 Å². The average Bonchev–Trinajstić information content (AvgIpc) is 2.88. The zero-order chi connectivity index (χ0) is 29.0. The monoisotopic (exact) mass is 559 g/mol. The van der Waals surface area contributed by atoms with Crippen LogP contribution in [0.15, 0.2) is 47.3 Å². The molecule has 0 aliphatic heterocycles. The van der Waals surface area contributed by atoms with E-state index in [2.05, 4.69) is 4.98 Å². The van der Waals surface area contributed by atoms with Crippen LogP contribution in [0.5, 0.6) is 0 Å². The molecule has 0 bridgehead atoms. The number of nitrogens with zero attached hydrogens (tertiary/aromatic N) is 3. The van der Waals surface area contributed by atoms with Gasteiger partial charge in [0, 0.05) is 32.9 Å². The van der Waals surface area contributed by atoms with E-state index >= 15 is 0 Å². The Bertz CT molecular complexity index is 1340. The molecule has 13 heteroatoms. The summed E-state index contributed by atoms with van der Waals surface area (Å²) in [7, 11) is 2.83. The molecule has 1 amide bonds. The number of hydrogen-bond donors (Lipinski definition) is 0. The molecule has 1 atom stereocenters. The standard InChI is InChI=1S/C26H27F6N3O4/c1-16(22-33-21-8-5-4-7-20(21)24(37)35(22)10-12-39-3)34(9-6-11-38-2)23(36)17-13-18(25(27,28)29)15-19(14-17)26(30,31)32/h4-5,7-8,13-16H,6,9-12H2,1-3H3. The molecular formula is C26H27F6N3O4. The minimum Gasteiger partial charge on any atom is -0.385 e. The van der Waals surface area contributed by atoms with Gasteiger partial charge in [0.25, 0.3) is 11.5 Å². The molecular weight excluding hydrogens is 532 g/mol. The van der Waals surface area contributed by atoms with E-state index < -0.39 is 46.6 Å². The molecule has 3 rings (SSSR count). The van der Waals surface area contributed by atoms with Gasteiger partial charge in [-0.05, 0) is 43.7 Å². The Morgan fingerprint density at radius 1 is 0.974 bits per heavy atom. The predicted octanol–water partition coefficient (Wildman–Crippen LogP) is 5.32. The smallest absolute Gasteiger partial charge is 0.385 e. The lowest BCUT2D eigenvalue weighted by Crippen LogP contribution is -2.39. The van der Waals surface area contributed by atoms with Gasteiger partial charge in [-0.3, -0.25) is 14.2 Å². The number of hydrogen-bond acceptors (Lipinski definition) is 5. The maximum Gasteiger partial charge on any atom is 0.416 e. The first-order chi connectivity index (χ1) is 18.3. The second kappa shape index (κ2) is 12.2. The molecule has 0 aliphatic rings. The molecule has 7 nitrogen and oxygen atoms in total. The molecule has 1 heterocycles. The topological polar surface area (TPSA) is 73.7 Å². The Hall–Kier alpha value is -3.45. The maximum absolute atomic E-state index is 13.6. The van der Waals surface area contributed by atoms with Crippen LogP contribution in [0.2, 0.25) is 0 Å². The van der Waals surface area contributed by atoms with Gasteiger partial charge in [0.2, 0.25) is 0 Å². The van der Waals surface area contributed by atoms with Crippen molar-refractivity contribution in [2.75, 3.05) is 34.0 Å². The normalized spacial score (nSPS) is 13.1. The highest BCUT2D eigenvalue weighted by molar-refractivity contribution is 5.95. The largest absolute Gasteiger partial charge is 0.416 e. The zero-order valence-corrected chi connectivity index (χ0v) is 21.4. The number of benzene rings is 2. The van der Waals surface area contributed by atoms with Crippen LogP contribution in [0.3, 0.4) is 0 Å². The van der Waals surface area contributed by atoms with E-state index in [0.717, 1.165) is 4.90 Å². The van der Waals surface area contributed by atoms with Gasteiger partial charge in [0.15, 0.2) is 0 Å². The van der Waals surface area contributed by atoms with Crippen molar-refractivity contribution in [3.8, 4) is 0 Å². The molecule has 0 saturated carbocycles. The first-order valence-corrected chi connectivity index (χ1v) is 11.9. The quantitative estimate of drug-likeness (QED) is 0.248. The molecule has 0 spiro atoms. The van der Waals surface area contributed by atoms with Crippen molar-refractivity contribution < 1.29 is 40.6 Å². The molecule has 0 N–H and O–H groups in total. The third-order valence-electron chi connectivity index (χ3n) is 6.09. The van der Waals surface area contributed by atoms with E-state index in [1.54, 1.807) is 24.3 Å². The van der Waals surface area contributed by atoms with Gasteiger partial charge >= 0.3 is 12.4 Å². The SMILES string of the molecule is COCCCN(C(=O)c1cc(C(F)(F)F)cc(C(F)(F)F)c1)C(C)c1nc2ccccc2c(=O)n1CCOC. The van der Waals surface area contributed by atoms with Crippen LogP contribution in [-0.4, -0.2) is 54.3 Å². The van der Waals surface area contributed by atoms with E-state index in [9.17, 15) is 35.9 Å². The van der Waals surface area contributed by atoms with Crippen LogP contribution in [0, 0.1) is 0 Å². The average molecular weight is 560 g/mol. The molecule has 1 aromatic heterocycles. The summed E-state index contributed by atoms with van der Waals surface area (Å²) in [6.45, 7) is 1.73. The van der Waals surface area contributed by atoms with E-state index in [0.29, 0.717) is 23.0 Å². The fourth-order valence-electron chi connectivity index (χ4n) is 4.14. The van der Waals surface area contributed by atoms with Crippen molar-refractivity contribution in [3.63, 3.8) is 0 Å². The Balaban J connectivity index is 2.18. The second-order valence-corrected chi connectivity index (χ2v) is 8.75. The number of para-hydroxylation sites is 1. The summed E-state index contributed by atoms with van der Waals surface area (Å²) >= 11 is 0. The molecule has 39 heavy (non-hydrogen) atoms. The van der Waals surface area contributed by atoms with Crippen LogP contribution in [0.4, 0.5) is 26.3 Å². The van der Waals surface area contributed by atoms with Gasteiger partial charge in [0.05, 0.1) is 41.2 Å². The molecule has 3 aromatic rings. The third kappa shape index (κ3) is 6.95. The molecule has 0 aliphatic carbocycles. The maximum atomic E-state index is 13.6. The fourth-order valence-corrected chi connectivity index (χ4v) is 4.14. The van der Waals surface area contributed by atoms with Gasteiger partial charge in [-0.25, -0.2) is 4.98 Å². The number of rotatable bonds is 10. The summed E-state index contributed by atoms with van der Waals surface area (Å²) in [6, 6.07) is 6.19. The van der Waals surface area contributed by atoms with E-state index in [4.69, 9.17) is 9.47 Å². The van der Waals surface area contributed by atoms with E-state index in [-0.39, 0.29) is 44.6 Å². The lowest BCUT2D eigenvalue weighted by atomic mass is 10.0. The summed E-state index contributed by atoms with van der Waals surface area (Å²) in [6.07, 6.45) is -10.0. The van der Waals surface area contributed by atoms with Crippen LogP contribution in [0.1, 0.15) is 46.7 Å². The van der Waals surface area contributed by atoms with Crippen molar-refractivity contribution in [3.05, 3.63) is 75.3 Å². The second-order valence-electron chi connectivity index (χ2n) is 8.75. The van der Waals surface area contributed by atoms with Gasteiger partial charge in [-0.2, -0.15) is 26.3 Å². The number of alkyl halides is 6. The van der Waals surface area contributed by atoms with E-state index in [1.165, 1.54) is 25.7 Å². The highest BCUT2D eigenvalue weighted by atomic mass is 19.4. The highest BCUT2D eigenvalue weighted by Gasteiger charge is 2.38. The number of ether oxygens (including phenoxy) is 2. The predicted molar refractivity (Wildman–Crippen MR) is 130 cm³/mol. The number of halogens is 6. The summed E-state index contributed by atoms with van der Waals surface area (Å²) in [5, 5.41) is 0.300.